The molecule has 158 valence electrons. The predicted molar refractivity (Wildman–Crippen MR) is 107 cm³/mol. The van der Waals surface area contributed by atoms with E-state index in [2.05, 4.69) is 10.4 Å². The number of benzene rings is 2. The largest absolute Gasteiger partial charge is 0.462 e. The molecule has 1 amide bonds. The van der Waals surface area contributed by atoms with Crippen LogP contribution in [0.2, 0.25) is 0 Å². The van der Waals surface area contributed by atoms with Gasteiger partial charge in [0.25, 0.3) is 17.3 Å². The second-order valence-corrected chi connectivity index (χ2v) is 6.04. The molecule has 1 aromatic heterocycles. The predicted octanol–water partition coefficient (Wildman–Crippen LogP) is 3.12. The summed E-state index contributed by atoms with van der Waals surface area (Å²) < 4.78 is 6.25. The highest BCUT2D eigenvalue weighted by atomic mass is 16.6. The molecule has 0 fully saturated rings. The number of nitro groups is 2. The molecule has 0 aliphatic heterocycles. The number of esters is 1. The average molecular weight is 425 g/mol. The van der Waals surface area contributed by atoms with Gasteiger partial charge in [0.2, 0.25) is 0 Å². The third kappa shape index (κ3) is 4.37. The molecule has 0 radical (unpaired) electrons. The van der Waals surface area contributed by atoms with Gasteiger partial charge in [-0.15, -0.1) is 0 Å². The van der Waals surface area contributed by atoms with Crippen LogP contribution >= 0.6 is 0 Å². The lowest BCUT2D eigenvalue weighted by Crippen LogP contribution is -2.19. The van der Waals surface area contributed by atoms with E-state index in [0.717, 1.165) is 12.1 Å². The molecular formula is C19H15N5O7. The van der Waals surface area contributed by atoms with E-state index in [-0.39, 0.29) is 18.0 Å². The van der Waals surface area contributed by atoms with Crippen LogP contribution in [0.25, 0.3) is 5.69 Å². The minimum absolute atomic E-state index is 0.0661. The molecular weight excluding hydrogens is 410 g/mol. The minimum atomic E-state index is -0.954. The molecule has 0 saturated heterocycles. The summed E-state index contributed by atoms with van der Waals surface area (Å²) in [7, 11) is 0. The number of anilines is 1. The van der Waals surface area contributed by atoms with Gasteiger partial charge in [-0.3, -0.25) is 25.0 Å². The summed E-state index contributed by atoms with van der Waals surface area (Å²) in [5.74, 6) is -1.77. The molecule has 0 aliphatic rings. The summed E-state index contributed by atoms with van der Waals surface area (Å²) in [6, 6.07) is 11.2. The molecule has 3 rings (SSSR count). The van der Waals surface area contributed by atoms with Crippen LogP contribution < -0.4 is 5.32 Å². The first-order chi connectivity index (χ1) is 14.8. The third-order valence-corrected chi connectivity index (χ3v) is 4.13. The average Bonchev–Trinajstić information content (AvgIpc) is 3.17. The molecule has 0 aliphatic carbocycles. The zero-order valence-corrected chi connectivity index (χ0v) is 16.0. The maximum Gasteiger partial charge on any atom is 0.343 e. The lowest BCUT2D eigenvalue weighted by Gasteiger charge is -2.11. The number of aromatic nitrogens is 2. The molecule has 12 nitrogen and oxygen atoms in total. The van der Waals surface area contributed by atoms with Gasteiger partial charge in [0.05, 0.1) is 34.4 Å². The van der Waals surface area contributed by atoms with Gasteiger partial charge in [0.15, 0.2) is 5.82 Å². The normalized spacial score (nSPS) is 10.4. The highest BCUT2D eigenvalue weighted by molar-refractivity contribution is 6.09. The van der Waals surface area contributed by atoms with Gasteiger partial charge in [-0.05, 0) is 25.1 Å². The Morgan fingerprint density at radius 2 is 1.77 bits per heavy atom. The Hall–Kier alpha value is -4.61. The second kappa shape index (κ2) is 8.82. The van der Waals surface area contributed by atoms with Crippen molar-refractivity contribution in [3.8, 4) is 5.69 Å². The van der Waals surface area contributed by atoms with Crippen molar-refractivity contribution < 1.29 is 24.2 Å². The molecule has 31 heavy (non-hydrogen) atoms. The number of carbonyl (C=O) groups excluding carboxylic acids is 2. The molecule has 1 N–H and O–H groups in total. The number of non-ortho nitro benzene ring substituents is 1. The van der Waals surface area contributed by atoms with Gasteiger partial charge in [0.1, 0.15) is 11.1 Å². The number of nitrogens with zero attached hydrogens (tertiary/aromatic N) is 4. The van der Waals surface area contributed by atoms with Gasteiger partial charge in [-0.25, -0.2) is 9.48 Å². The molecule has 1 heterocycles. The van der Waals surface area contributed by atoms with Gasteiger partial charge >= 0.3 is 5.97 Å². The van der Waals surface area contributed by atoms with E-state index in [9.17, 15) is 29.8 Å². The Labute approximate surface area is 174 Å². The lowest BCUT2D eigenvalue weighted by molar-refractivity contribution is -0.394. The Morgan fingerprint density at radius 1 is 1.06 bits per heavy atom. The van der Waals surface area contributed by atoms with Crippen LogP contribution in [0, 0.1) is 20.2 Å². The fraction of sp³-hybridized carbons (Fsp3) is 0.105. The van der Waals surface area contributed by atoms with E-state index < -0.39 is 38.7 Å². The van der Waals surface area contributed by atoms with Crippen LogP contribution in [0.1, 0.15) is 27.6 Å². The third-order valence-electron chi connectivity index (χ3n) is 4.13. The minimum Gasteiger partial charge on any atom is -0.462 e. The highest BCUT2D eigenvalue weighted by Gasteiger charge is 2.27. The molecule has 3 aromatic rings. The highest BCUT2D eigenvalue weighted by Crippen LogP contribution is 2.27. The van der Waals surface area contributed by atoms with Crippen LogP contribution in [-0.4, -0.2) is 38.1 Å². The van der Waals surface area contributed by atoms with Crippen LogP contribution in [0.5, 0.6) is 0 Å². The number of hydrogen-bond donors (Lipinski definition) is 1. The van der Waals surface area contributed by atoms with Gasteiger partial charge < -0.3 is 10.1 Å². The second-order valence-electron chi connectivity index (χ2n) is 6.04. The van der Waals surface area contributed by atoms with E-state index >= 15 is 0 Å². The molecule has 0 saturated carbocycles. The lowest BCUT2D eigenvalue weighted by atomic mass is 10.1. The van der Waals surface area contributed by atoms with Crippen molar-refractivity contribution in [3.63, 3.8) is 0 Å². The summed E-state index contributed by atoms with van der Waals surface area (Å²) in [4.78, 5) is 45.7. The van der Waals surface area contributed by atoms with Crippen molar-refractivity contribution in [3.05, 3.63) is 86.1 Å². The number of nitrogens with one attached hydrogen (secondary N) is 1. The zero-order chi connectivity index (χ0) is 22.5. The molecule has 12 heteroatoms. The number of carbonyl (C=O) groups is 2. The van der Waals surface area contributed by atoms with Crippen molar-refractivity contribution in [2.24, 2.45) is 0 Å². The number of ether oxygens (including phenoxy) is 1. The van der Waals surface area contributed by atoms with Crippen molar-refractivity contribution in [2.75, 3.05) is 11.9 Å². The summed E-state index contributed by atoms with van der Waals surface area (Å²) in [6.45, 7) is 1.69. The van der Waals surface area contributed by atoms with E-state index in [1.165, 1.54) is 10.9 Å². The molecule has 2 aromatic carbocycles. The maximum atomic E-state index is 12.9. The Balaban J connectivity index is 2.06. The van der Waals surface area contributed by atoms with E-state index in [1.807, 2.05) is 0 Å². The summed E-state index contributed by atoms with van der Waals surface area (Å²) in [6.07, 6.45) is 1.20. The smallest absolute Gasteiger partial charge is 0.343 e. The molecule has 0 spiro atoms. The maximum absolute atomic E-state index is 12.9. The number of nitro benzene ring substituents is 2. The zero-order valence-electron chi connectivity index (χ0n) is 16.0. The topological polar surface area (TPSA) is 160 Å². The Bertz CT molecular complexity index is 1170. The fourth-order valence-corrected chi connectivity index (χ4v) is 2.74. The van der Waals surface area contributed by atoms with Crippen molar-refractivity contribution in [1.29, 1.82) is 0 Å². The first-order valence-electron chi connectivity index (χ1n) is 8.88. The molecule has 0 atom stereocenters. The summed E-state index contributed by atoms with van der Waals surface area (Å²) >= 11 is 0. The molecule has 0 bridgehead atoms. The first kappa shape index (κ1) is 21.1. The van der Waals surface area contributed by atoms with Crippen molar-refractivity contribution >= 4 is 29.1 Å². The molecule has 0 unspecified atom stereocenters. The van der Waals surface area contributed by atoms with E-state index in [1.54, 1.807) is 37.3 Å². The monoisotopic (exact) mass is 425 g/mol. The number of rotatable bonds is 7. The van der Waals surface area contributed by atoms with Crippen LogP contribution in [0.3, 0.4) is 0 Å². The first-order valence-corrected chi connectivity index (χ1v) is 8.88. The SMILES string of the molecule is CCOC(=O)c1cnn(-c2ccccc2)c1NC(=O)c1ccc([N+](=O)[O-])cc1[N+](=O)[O-]. The van der Waals surface area contributed by atoms with Crippen LogP contribution in [0.4, 0.5) is 17.2 Å². The summed E-state index contributed by atoms with van der Waals surface area (Å²) in [5.41, 5.74) is -1.28. The number of para-hydroxylation sites is 1. The Morgan fingerprint density at radius 3 is 2.39 bits per heavy atom. The van der Waals surface area contributed by atoms with Crippen molar-refractivity contribution in [1.82, 2.24) is 9.78 Å². The quantitative estimate of drug-likeness (QED) is 0.343. The van der Waals surface area contributed by atoms with Crippen LogP contribution in [0.15, 0.2) is 54.7 Å². The number of amides is 1. The van der Waals surface area contributed by atoms with E-state index in [4.69, 9.17) is 4.74 Å². The standard InChI is InChI=1S/C19H15N5O7/c1-2-31-19(26)15-11-20-22(12-6-4-3-5-7-12)17(15)21-18(25)14-9-8-13(23(27)28)10-16(14)24(29)30/h3-11H,2H2,1H3,(H,21,25). The van der Waals surface area contributed by atoms with Gasteiger partial charge in [0, 0.05) is 6.07 Å². The summed E-state index contributed by atoms with van der Waals surface area (Å²) in [5, 5.41) is 28.8. The fourth-order valence-electron chi connectivity index (χ4n) is 2.74. The van der Waals surface area contributed by atoms with Gasteiger partial charge in [-0.1, -0.05) is 18.2 Å². The van der Waals surface area contributed by atoms with Crippen molar-refractivity contribution in [2.45, 2.75) is 6.92 Å². The van der Waals surface area contributed by atoms with Gasteiger partial charge in [-0.2, -0.15) is 5.10 Å². The van der Waals surface area contributed by atoms with Crippen LogP contribution in [-0.2, 0) is 4.74 Å². The Kier molecular flexibility index (Phi) is 6.00. The van der Waals surface area contributed by atoms with E-state index in [0.29, 0.717) is 11.8 Å². The number of hydrogen-bond acceptors (Lipinski definition) is 8.